The van der Waals surface area contributed by atoms with Crippen LogP contribution in [0, 0.1) is 13.8 Å². The second-order valence-electron chi connectivity index (χ2n) is 10.5. The van der Waals surface area contributed by atoms with Crippen LogP contribution in [0.25, 0.3) is 0 Å². The van der Waals surface area contributed by atoms with E-state index in [1.807, 2.05) is 19.9 Å². The van der Waals surface area contributed by atoms with E-state index in [0.29, 0.717) is 21.3 Å². The third-order valence-corrected chi connectivity index (χ3v) is 10.0. The molecule has 7 nitrogen and oxygen atoms in total. The molecule has 1 aliphatic carbocycles. The minimum Gasteiger partial charge on any atom is -0.352 e. The molecule has 0 radical (unpaired) electrons. The number of nitrogens with zero attached hydrogens (tertiary/aromatic N) is 2. The van der Waals surface area contributed by atoms with Crippen LogP contribution in [0.15, 0.2) is 71.6 Å². The normalized spacial score (nSPS) is 14.5. The maximum absolute atomic E-state index is 14.1. The first-order valence-electron chi connectivity index (χ1n) is 13.7. The molecule has 1 N–H and O–H groups in total. The number of halogens is 2. The summed E-state index contributed by atoms with van der Waals surface area (Å²) in [4.78, 5) is 28.9. The lowest BCUT2D eigenvalue weighted by atomic mass is 10.1. The fourth-order valence-electron chi connectivity index (χ4n) is 5.05. The summed E-state index contributed by atoms with van der Waals surface area (Å²) in [6.45, 7) is 4.86. The van der Waals surface area contributed by atoms with E-state index in [0.717, 1.165) is 41.1 Å². The summed E-state index contributed by atoms with van der Waals surface area (Å²) in [5, 5.41) is 3.85. The quantitative estimate of drug-likeness (QED) is 0.291. The van der Waals surface area contributed by atoms with Crippen LogP contribution >= 0.6 is 23.2 Å². The van der Waals surface area contributed by atoms with Gasteiger partial charge in [0.15, 0.2) is 0 Å². The van der Waals surface area contributed by atoms with Crippen molar-refractivity contribution in [1.29, 1.82) is 0 Å². The lowest BCUT2D eigenvalue weighted by molar-refractivity contribution is -0.139. The summed E-state index contributed by atoms with van der Waals surface area (Å²) < 4.78 is 29.1. The van der Waals surface area contributed by atoms with Gasteiger partial charge in [0, 0.05) is 22.6 Å². The molecular formula is C31H35Cl2N3O4S. The molecule has 0 heterocycles. The molecule has 0 saturated heterocycles. The van der Waals surface area contributed by atoms with Gasteiger partial charge < -0.3 is 10.2 Å². The molecule has 0 aliphatic heterocycles. The maximum Gasteiger partial charge on any atom is 0.264 e. The molecule has 4 rings (SSSR count). The minimum atomic E-state index is -4.13. The summed E-state index contributed by atoms with van der Waals surface area (Å²) in [5.41, 5.74) is 2.61. The van der Waals surface area contributed by atoms with Gasteiger partial charge in [-0.15, -0.1) is 0 Å². The van der Waals surface area contributed by atoms with E-state index in [2.05, 4.69) is 5.32 Å². The lowest BCUT2D eigenvalue weighted by Crippen LogP contribution is -2.52. The van der Waals surface area contributed by atoms with Crippen molar-refractivity contribution in [3.63, 3.8) is 0 Å². The molecule has 3 aromatic rings. The second kappa shape index (κ2) is 13.3. The number of nitrogens with one attached hydrogen (secondary N) is 1. The molecule has 0 spiro atoms. The molecule has 218 valence electrons. The van der Waals surface area contributed by atoms with Gasteiger partial charge in [0.05, 0.1) is 10.6 Å². The van der Waals surface area contributed by atoms with Gasteiger partial charge in [-0.05, 0) is 80.6 Å². The minimum absolute atomic E-state index is 0.000112. The second-order valence-corrected chi connectivity index (χ2v) is 13.2. The van der Waals surface area contributed by atoms with Crippen molar-refractivity contribution in [3.8, 4) is 0 Å². The SMILES string of the molecule is Cc1cccc(N(CC(=O)N(Cc2ccc(Cl)cc2Cl)[C@H](C)C(=O)NC2CCCC2)S(=O)(=O)c2ccccc2)c1C. The van der Waals surface area contributed by atoms with Crippen LogP contribution in [-0.4, -0.2) is 43.8 Å². The highest BCUT2D eigenvalue weighted by Gasteiger charge is 2.34. The topological polar surface area (TPSA) is 86.8 Å². The van der Waals surface area contributed by atoms with E-state index in [1.165, 1.54) is 17.0 Å². The zero-order valence-corrected chi connectivity index (χ0v) is 25.8. The number of aryl methyl sites for hydroxylation is 1. The average Bonchev–Trinajstić information content (AvgIpc) is 3.46. The van der Waals surface area contributed by atoms with Gasteiger partial charge in [-0.2, -0.15) is 0 Å². The number of sulfonamides is 1. The molecule has 2 amide bonds. The predicted octanol–water partition coefficient (Wildman–Crippen LogP) is 6.28. The Balaban J connectivity index is 1.73. The lowest BCUT2D eigenvalue weighted by Gasteiger charge is -2.33. The zero-order chi connectivity index (χ0) is 29.7. The van der Waals surface area contributed by atoms with Crippen LogP contribution in [0.3, 0.4) is 0 Å². The number of anilines is 1. The van der Waals surface area contributed by atoms with Crippen LogP contribution < -0.4 is 9.62 Å². The number of carbonyl (C=O) groups is 2. The summed E-state index contributed by atoms with van der Waals surface area (Å²) >= 11 is 12.6. The molecule has 0 bridgehead atoms. The first-order chi connectivity index (χ1) is 19.5. The van der Waals surface area contributed by atoms with Gasteiger partial charge in [0.1, 0.15) is 12.6 Å². The summed E-state index contributed by atoms with van der Waals surface area (Å²) in [6.07, 6.45) is 3.88. The van der Waals surface area contributed by atoms with Crippen LogP contribution in [0.4, 0.5) is 5.69 Å². The molecule has 10 heteroatoms. The van der Waals surface area contributed by atoms with Crippen molar-refractivity contribution in [1.82, 2.24) is 10.2 Å². The first-order valence-corrected chi connectivity index (χ1v) is 15.9. The molecule has 3 aromatic carbocycles. The van der Waals surface area contributed by atoms with Crippen molar-refractivity contribution in [2.45, 2.75) is 70.0 Å². The van der Waals surface area contributed by atoms with Crippen molar-refractivity contribution in [3.05, 3.63) is 93.5 Å². The Morgan fingerprint density at radius 1 is 0.976 bits per heavy atom. The fourth-order valence-corrected chi connectivity index (χ4v) is 7.01. The molecular weight excluding hydrogens is 581 g/mol. The summed E-state index contributed by atoms with van der Waals surface area (Å²) in [5.74, 6) is -0.829. The number of carbonyl (C=O) groups excluding carboxylic acids is 2. The van der Waals surface area contributed by atoms with Crippen molar-refractivity contribution >= 4 is 50.7 Å². The molecule has 41 heavy (non-hydrogen) atoms. The molecule has 1 atom stereocenters. The largest absolute Gasteiger partial charge is 0.352 e. The maximum atomic E-state index is 14.1. The number of amides is 2. The van der Waals surface area contributed by atoms with E-state index in [9.17, 15) is 18.0 Å². The monoisotopic (exact) mass is 615 g/mol. The Hall–Kier alpha value is -3.07. The predicted molar refractivity (Wildman–Crippen MR) is 164 cm³/mol. The van der Waals surface area contributed by atoms with Gasteiger partial charge in [-0.25, -0.2) is 8.42 Å². The molecule has 1 fully saturated rings. The standard InChI is InChI=1S/C31H35Cl2N3O4S/c1-21-10-9-15-29(22(21)2)36(41(39,40)27-13-5-4-6-14-27)20-30(37)35(19-24-16-17-25(32)18-28(24)33)23(3)31(38)34-26-11-7-8-12-26/h4-6,9-10,13-18,23,26H,7-8,11-12,19-20H2,1-3H3,(H,34,38)/t23-/m1/s1. The van der Waals surface area contributed by atoms with Crippen LogP contribution in [-0.2, 0) is 26.2 Å². The fraction of sp³-hybridized carbons (Fsp3) is 0.355. The van der Waals surface area contributed by atoms with Gasteiger partial charge in [0.25, 0.3) is 10.0 Å². The van der Waals surface area contributed by atoms with Crippen molar-refractivity contribution < 1.29 is 18.0 Å². The van der Waals surface area contributed by atoms with E-state index >= 15 is 0 Å². The Morgan fingerprint density at radius 2 is 1.66 bits per heavy atom. The number of hydrogen-bond donors (Lipinski definition) is 1. The zero-order valence-electron chi connectivity index (χ0n) is 23.4. The smallest absolute Gasteiger partial charge is 0.264 e. The van der Waals surface area contributed by atoms with Crippen LogP contribution in [0.5, 0.6) is 0 Å². The highest BCUT2D eigenvalue weighted by Crippen LogP contribution is 2.30. The first kappa shape index (κ1) is 30.9. The Labute approximate surface area is 252 Å². The molecule has 0 unspecified atom stereocenters. The molecule has 0 aromatic heterocycles. The van der Waals surface area contributed by atoms with Crippen molar-refractivity contribution in [2.24, 2.45) is 0 Å². The van der Waals surface area contributed by atoms with Gasteiger partial charge in [-0.1, -0.05) is 72.4 Å². The van der Waals surface area contributed by atoms with Gasteiger partial charge in [-0.3, -0.25) is 13.9 Å². The highest BCUT2D eigenvalue weighted by molar-refractivity contribution is 7.92. The Bertz CT molecular complexity index is 1510. The average molecular weight is 617 g/mol. The third kappa shape index (κ3) is 7.23. The summed E-state index contributed by atoms with van der Waals surface area (Å²) in [6, 6.07) is 17.5. The number of hydrogen-bond acceptors (Lipinski definition) is 4. The van der Waals surface area contributed by atoms with E-state index in [1.54, 1.807) is 55.5 Å². The van der Waals surface area contributed by atoms with Crippen LogP contribution in [0.2, 0.25) is 10.0 Å². The van der Waals surface area contributed by atoms with Gasteiger partial charge >= 0.3 is 0 Å². The van der Waals surface area contributed by atoms with E-state index in [4.69, 9.17) is 23.2 Å². The Morgan fingerprint density at radius 3 is 2.32 bits per heavy atom. The van der Waals surface area contributed by atoms with E-state index in [-0.39, 0.29) is 23.4 Å². The van der Waals surface area contributed by atoms with E-state index < -0.39 is 28.5 Å². The molecule has 1 saturated carbocycles. The highest BCUT2D eigenvalue weighted by atomic mass is 35.5. The van der Waals surface area contributed by atoms with Crippen LogP contribution in [0.1, 0.15) is 49.3 Å². The number of rotatable bonds is 10. The summed E-state index contributed by atoms with van der Waals surface area (Å²) in [7, 11) is -4.13. The molecule has 1 aliphatic rings. The Kier molecular flexibility index (Phi) is 10.00. The third-order valence-electron chi connectivity index (χ3n) is 7.68. The van der Waals surface area contributed by atoms with Gasteiger partial charge in [0.2, 0.25) is 11.8 Å². The van der Waals surface area contributed by atoms with Crippen molar-refractivity contribution in [2.75, 3.05) is 10.8 Å². The number of benzene rings is 3.